The van der Waals surface area contributed by atoms with Crippen LogP contribution < -0.4 is 4.74 Å². The number of carbonyl (C=O) groups excluding carboxylic acids is 1. The molecule has 0 saturated heterocycles. The zero-order chi connectivity index (χ0) is 20.8. The smallest absolute Gasteiger partial charge is 0.243 e. The van der Waals surface area contributed by atoms with Crippen LogP contribution in [0.4, 0.5) is 8.78 Å². The molecular weight excluding hydrogens is 380 g/mol. The first-order valence-corrected chi connectivity index (χ1v) is 8.78. The fraction of sp³-hybridized carbons (Fsp3) is 0.250. The zero-order valence-corrected chi connectivity index (χ0v) is 15.4. The Morgan fingerprint density at radius 3 is 2.76 bits per heavy atom. The highest BCUT2D eigenvalue weighted by atomic mass is 19.1. The molecule has 3 rings (SSSR count). The van der Waals surface area contributed by atoms with Crippen molar-refractivity contribution in [2.24, 2.45) is 5.10 Å². The van der Waals surface area contributed by atoms with E-state index in [1.807, 2.05) is 6.07 Å². The predicted molar refractivity (Wildman–Crippen MR) is 99.7 cm³/mol. The van der Waals surface area contributed by atoms with E-state index in [0.29, 0.717) is 24.0 Å². The summed E-state index contributed by atoms with van der Waals surface area (Å²) >= 11 is 0. The van der Waals surface area contributed by atoms with Gasteiger partial charge in [-0.3, -0.25) is 9.78 Å². The Hall–Kier alpha value is -3.67. The van der Waals surface area contributed by atoms with Gasteiger partial charge in [0.2, 0.25) is 11.8 Å². The molecule has 148 valence electrons. The fourth-order valence-corrected chi connectivity index (χ4v) is 2.82. The summed E-state index contributed by atoms with van der Waals surface area (Å²) in [5.41, 5.74) is 1.13. The summed E-state index contributed by atoms with van der Waals surface area (Å²) in [4.78, 5) is 20.3. The number of carbonyl (C=O) groups is 1. The molecule has 1 unspecified atom stereocenters. The second-order valence-corrected chi connectivity index (χ2v) is 6.38. The lowest BCUT2D eigenvalue weighted by Gasteiger charge is -2.22. The van der Waals surface area contributed by atoms with E-state index in [0.717, 1.165) is 6.07 Å². The van der Waals surface area contributed by atoms with Crippen LogP contribution in [0.15, 0.2) is 47.8 Å². The van der Waals surface area contributed by atoms with E-state index in [2.05, 4.69) is 21.6 Å². The first-order valence-electron chi connectivity index (χ1n) is 8.78. The van der Waals surface area contributed by atoms with E-state index in [9.17, 15) is 13.6 Å². The molecule has 1 amide bonds. The minimum atomic E-state index is -0.701. The SMILES string of the molecule is C=C(CCC(=O)N1N=CCC1c1cc(F)cc(F)c1)COc1cncc(C#N)n1. The molecule has 0 fully saturated rings. The molecule has 1 aromatic carbocycles. The highest BCUT2D eigenvalue weighted by molar-refractivity contribution is 5.80. The maximum atomic E-state index is 13.5. The van der Waals surface area contributed by atoms with E-state index >= 15 is 0 Å². The molecule has 7 nitrogen and oxygen atoms in total. The van der Waals surface area contributed by atoms with Gasteiger partial charge in [0.25, 0.3) is 0 Å². The number of benzene rings is 1. The van der Waals surface area contributed by atoms with Gasteiger partial charge in [0.1, 0.15) is 24.3 Å². The number of nitriles is 1. The monoisotopic (exact) mass is 397 g/mol. The van der Waals surface area contributed by atoms with E-state index in [4.69, 9.17) is 10.00 Å². The molecule has 1 aromatic heterocycles. The molecule has 0 radical (unpaired) electrons. The molecule has 0 N–H and O–H groups in total. The standard InChI is InChI=1S/C20H17F2N5O2/c1-13(12-29-19-11-24-10-17(9-23)26-19)2-3-20(28)27-18(4-5-25-27)14-6-15(21)8-16(22)7-14/h5-8,10-11,18H,1-4,12H2. The topological polar surface area (TPSA) is 91.5 Å². The van der Waals surface area contributed by atoms with Gasteiger partial charge < -0.3 is 4.74 Å². The van der Waals surface area contributed by atoms with Crippen molar-refractivity contribution in [1.82, 2.24) is 15.0 Å². The Kier molecular flexibility index (Phi) is 6.24. The lowest BCUT2D eigenvalue weighted by molar-refractivity contribution is -0.133. The van der Waals surface area contributed by atoms with Crippen molar-refractivity contribution in [3.63, 3.8) is 0 Å². The third-order valence-corrected chi connectivity index (χ3v) is 4.20. The van der Waals surface area contributed by atoms with Crippen LogP contribution in [0, 0.1) is 23.0 Å². The molecule has 9 heteroatoms. The third-order valence-electron chi connectivity index (χ3n) is 4.20. The van der Waals surface area contributed by atoms with Crippen molar-refractivity contribution in [1.29, 1.82) is 5.26 Å². The third kappa shape index (κ3) is 5.19. The van der Waals surface area contributed by atoms with Crippen LogP contribution in [0.1, 0.15) is 36.6 Å². The van der Waals surface area contributed by atoms with E-state index in [-0.39, 0.29) is 30.5 Å². The first kappa shape index (κ1) is 20.1. The number of hydrazone groups is 1. The first-order chi connectivity index (χ1) is 14.0. The van der Waals surface area contributed by atoms with E-state index < -0.39 is 17.7 Å². The van der Waals surface area contributed by atoms with Crippen molar-refractivity contribution in [3.8, 4) is 11.9 Å². The Morgan fingerprint density at radius 2 is 2.03 bits per heavy atom. The molecule has 2 aromatic rings. The molecule has 1 aliphatic rings. The Morgan fingerprint density at radius 1 is 1.28 bits per heavy atom. The van der Waals surface area contributed by atoms with Gasteiger partial charge >= 0.3 is 0 Å². The number of hydrogen-bond acceptors (Lipinski definition) is 6. The minimum absolute atomic E-state index is 0.109. The summed E-state index contributed by atoms with van der Waals surface area (Å²) < 4.78 is 32.4. The average Bonchev–Trinajstić information content (AvgIpc) is 3.20. The van der Waals surface area contributed by atoms with Crippen molar-refractivity contribution in [2.45, 2.75) is 25.3 Å². The predicted octanol–water partition coefficient (Wildman–Crippen LogP) is 3.30. The lowest BCUT2D eigenvalue weighted by atomic mass is 10.0. The van der Waals surface area contributed by atoms with Crippen molar-refractivity contribution >= 4 is 12.1 Å². The Balaban J connectivity index is 1.53. The molecule has 0 saturated carbocycles. The van der Waals surface area contributed by atoms with Crippen molar-refractivity contribution < 1.29 is 18.3 Å². The lowest BCUT2D eigenvalue weighted by Crippen LogP contribution is -2.27. The second kappa shape index (κ2) is 9.01. The minimum Gasteiger partial charge on any atom is -0.472 e. The van der Waals surface area contributed by atoms with Crippen molar-refractivity contribution in [3.05, 3.63) is 65.6 Å². The molecule has 2 heterocycles. The number of rotatable bonds is 7. The quantitative estimate of drug-likeness (QED) is 0.669. The number of amides is 1. The average molecular weight is 397 g/mol. The molecule has 0 aliphatic carbocycles. The Labute approximate surface area is 166 Å². The highest BCUT2D eigenvalue weighted by Crippen LogP contribution is 2.30. The van der Waals surface area contributed by atoms with E-state index in [1.165, 1.54) is 29.5 Å². The van der Waals surface area contributed by atoms with Crippen LogP contribution in [0.3, 0.4) is 0 Å². The molecule has 1 atom stereocenters. The summed E-state index contributed by atoms with van der Waals surface area (Å²) in [6.07, 6.45) is 5.06. The molecular formula is C20H17F2N5O2. The van der Waals surface area contributed by atoms with Gasteiger partial charge in [0.05, 0.1) is 18.4 Å². The maximum Gasteiger partial charge on any atom is 0.243 e. The normalized spacial score (nSPS) is 15.2. The van der Waals surface area contributed by atoms with Gasteiger partial charge in [-0.15, -0.1) is 0 Å². The molecule has 0 spiro atoms. The summed E-state index contributed by atoms with van der Waals surface area (Å²) in [5, 5.41) is 14.1. The summed E-state index contributed by atoms with van der Waals surface area (Å²) in [7, 11) is 0. The van der Waals surface area contributed by atoms with Crippen LogP contribution in [-0.2, 0) is 4.79 Å². The maximum absolute atomic E-state index is 13.5. The second-order valence-electron chi connectivity index (χ2n) is 6.38. The van der Waals surface area contributed by atoms with Gasteiger partial charge in [0, 0.05) is 25.1 Å². The molecule has 29 heavy (non-hydrogen) atoms. The zero-order valence-electron chi connectivity index (χ0n) is 15.4. The molecule has 1 aliphatic heterocycles. The van der Waals surface area contributed by atoms with Gasteiger partial charge in [-0.1, -0.05) is 6.58 Å². The largest absolute Gasteiger partial charge is 0.472 e. The van der Waals surface area contributed by atoms with Crippen LogP contribution in [-0.4, -0.2) is 33.7 Å². The van der Waals surface area contributed by atoms with Crippen LogP contribution in [0.5, 0.6) is 5.88 Å². The number of nitrogens with zero attached hydrogens (tertiary/aromatic N) is 5. The van der Waals surface area contributed by atoms with Crippen molar-refractivity contribution in [2.75, 3.05) is 6.61 Å². The van der Waals surface area contributed by atoms with E-state index in [1.54, 1.807) is 6.21 Å². The highest BCUT2D eigenvalue weighted by Gasteiger charge is 2.28. The number of hydrogen-bond donors (Lipinski definition) is 0. The number of ether oxygens (including phenoxy) is 1. The van der Waals surface area contributed by atoms with Gasteiger partial charge in [-0.2, -0.15) is 15.3 Å². The van der Waals surface area contributed by atoms with Crippen LogP contribution in [0.25, 0.3) is 0 Å². The Bertz CT molecular complexity index is 982. The van der Waals surface area contributed by atoms with Gasteiger partial charge in [0.15, 0.2) is 5.69 Å². The molecule has 0 bridgehead atoms. The van der Waals surface area contributed by atoms with Gasteiger partial charge in [-0.25, -0.2) is 13.8 Å². The summed E-state index contributed by atoms with van der Waals surface area (Å²) in [6.45, 7) is 3.97. The van der Waals surface area contributed by atoms with Crippen LogP contribution in [0.2, 0.25) is 0 Å². The number of halogens is 2. The summed E-state index contributed by atoms with van der Waals surface area (Å²) in [6, 6.07) is 4.51. The van der Waals surface area contributed by atoms with Gasteiger partial charge in [-0.05, 0) is 29.7 Å². The summed E-state index contributed by atoms with van der Waals surface area (Å²) in [5.74, 6) is -1.50. The fourth-order valence-electron chi connectivity index (χ4n) is 2.82. The number of aromatic nitrogens is 2. The van der Waals surface area contributed by atoms with Crippen LogP contribution >= 0.6 is 0 Å².